The second-order valence-electron chi connectivity index (χ2n) is 10.7. The van der Waals surface area contributed by atoms with Crippen molar-refractivity contribution in [1.29, 1.82) is 0 Å². The molecule has 0 saturated heterocycles. The van der Waals surface area contributed by atoms with Gasteiger partial charge in [0.2, 0.25) is 6.61 Å². The van der Waals surface area contributed by atoms with E-state index in [1.807, 2.05) is 0 Å². The van der Waals surface area contributed by atoms with Crippen molar-refractivity contribution in [3.63, 3.8) is 0 Å². The molecule has 3 unspecified atom stereocenters. The van der Waals surface area contributed by atoms with E-state index in [9.17, 15) is 14.4 Å². The first-order valence-electron chi connectivity index (χ1n) is 11.9. The topological polar surface area (TPSA) is 102 Å². The molecule has 0 spiro atoms. The molecule has 0 aromatic rings. The van der Waals surface area contributed by atoms with Crippen LogP contribution in [0.3, 0.4) is 0 Å². The molecule has 0 aliphatic heterocycles. The minimum atomic E-state index is -1.03. The largest absolute Gasteiger partial charge is 0.479 e. The molecule has 32 heavy (non-hydrogen) atoms. The van der Waals surface area contributed by atoms with E-state index in [1.54, 1.807) is 6.92 Å². The summed E-state index contributed by atoms with van der Waals surface area (Å²) < 4.78 is 5.84. The fraction of sp³-hybridized carbons (Fsp3) is 0.760. The standard InChI is InChI=1S/C25H35NO6/c1-15(27)25(32-16(2)28)12-9-21-19-6-5-17-13-18(26-31-14-22(29)30)7-10-23(17,3)20(19)8-11-24(21,25)4/h13,19-21H,5-12,14H2,1-4H3,(H,29,30)/t19?,20?,21?,23-,24-,25-/m0/s1. The zero-order valence-corrected chi connectivity index (χ0v) is 19.6. The quantitative estimate of drug-likeness (QED) is 0.500. The molecule has 0 bridgehead atoms. The number of carboxylic acids is 1. The molecule has 0 aromatic carbocycles. The lowest BCUT2D eigenvalue weighted by atomic mass is 9.46. The third-order valence-corrected chi connectivity index (χ3v) is 9.35. The third-order valence-electron chi connectivity index (χ3n) is 9.35. The minimum absolute atomic E-state index is 0.0152. The van der Waals surface area contributed by atoms with E-state index in [4.69, 9.17) is 14.7 Å². The summed E-state index contributed by atoms with van der Waals surface area (Å²) >= 11 is 0. The molecule has 4 aliphatic carbocycles. The lowest BCUT2D eigenvalue weighted by molar-refractivity contribution is -0.187. The van der Waals surface area contributed by atoms with Gasteiger partial charge in [-0.15, -0.1) is 0 Å². The summed E-state index contributed by atoms with van der Waals surface area (Å²) in [5.74, 6) is 0.00154. The molecule has 176 valence electrons. The van der Waals surface area contributed by atoms with Crippen LogP contribution in [0.25, 0.3) is 0 Å². The average Bonchev–Trinajstić information content (AvgIpc) is 3.01. The highest BCUT2D eigenvalue weighted by atomic mass is 16.6. The lowest BCUT2D eigenvalue weighted by Gasteiger charge is -2.59. The smallest absolute Gasteiger partial charge is 0.344 e. The van der Waals surface area contributed by atoms with Gasteiger partial charge in [-0.2, -0.15) is 0 Å². The van der Waals surface area contributed by atoms with E-state index in [1.165, 1.54) is 12.5 Å². The summed E-state index contributed by atoms with van der Waals surface area (Å²) in [6, 6.07) is 0. The summed E-state index contributed by atoms with van der Waals surface area (Å²) in [6.45, 7) is 7.12. The van der Waals surface area contributed by atoms with Crippen molar-refractivity contribution in [2.45, 2.75) is 84.7 Å². The number of carboxylic acid groups (broad SMARTS) is 1. The Kier molecular flexibility index (Phi) is 5.74. The van der Waals surface area contributed by atoms with Crippen LogP contribution in [0.5, 0.6) is 0 Å². The molecule has 0 heterocycles. The Hall–Kier alpha value is -2.18. The number of allylic oxidation sites excluding steroid dienone is 2. The maximum atomic E-state index is 12.8. The molecule has 0 aromatic heterocycles. The van der Waals surface area contributed by atoms with Gasteiger partial charge in [-0.05, 0) is 87.5 Å². The van der Waals surface area contributed by atoms with Crippen LogP contribution in [0.2, 0.25) is 0 Å². The molecule has 7 heteroatoms. The molecule has 3 fully saturated rings. The van der Waals surface area contributed by atoms with Crippen LogP contribution in [-0.2, 0) is 24.0 Å². The number of fused-ring (bicyclic) bond motifs is 5. The van der Waals surface area contributed by atoms with Crippen molar-refractivity contribution in [3.05, 3.63) is 11.6 Å². The molecule has 1 N–H and O–H groups in total. The second-order valence-corrected chi connectivity index (χ2v) is 10.7. The first-order chi connectivity index (χ1) is 15.0. The van der Waals surface area contributed by atoms with Gasteiger partial charge in [0.05, 0.1) is 5.71 Å². The Morgan fingerprint density at radius 3 is 2.44 bits per heavy atom. The number of nitrogens with zero attached hydrogens (tertiary/aromatic N) is 1. The number of ether oxygens (including phenoxy) is 1. The maximum absolute atomic E-state index is 12.8. The maximum Gasteiger partial charge on any atom is 0.344 e. The fourth-order valence-electron chi connectivity index (χ4n) is 7.87. The molecule has 4 rings (SSSR count). The van der Waals surface area contributed by atoms with Crippen molar-refractivity contribution in [1.82, 2.24) is 0 Å². The summed E-state index contributed by atoms with van der Waals surface area (Å²) in [4.78, 5) is 40.4. The average molecular weight is 446 g/mol. The highest BCUT2D eigenvalue weighted by Gasteiger charge is 2.67. The molecule has 0 amide bonds. The number of hydrogen-bond acceptors (Lipinski definition) is 6. The van der Waals surface area contributed by atoms with Gasteiger partial charge in [0.1, 0.15) is 0 Å². The van der Waals surface area contributed by atoms with E-state index < -0.39 is 18.2 Å². The number of carbonyl (C=O) groups excluding carboxylic acids is 2. The zero-order chi connectivity index (χ0) is 23.3. The summed E-state index contributed by atoms with van der Waals surface area (Å²) in [5.41, 5.74) is 0.999. The predicted molar refractivity (Wildman–Crippen MR) is 118 cm³/mol. The Morgan fingerprint density at radius 1 is 1.06 bits per heavy atom. The van der Waals surface area contributed by atoms with Crippen molar-refractivity contribution in [2.75, 3.05) is 6.61 Å². The van der Waals surface area contributed by atoms with Crippen LogP contribution in [0, 0.1) is 28.6 Å². The number of oxime groups is 1. The molecule has 7 nitrogen and oxygen atoms in total. The van der Waals surface area contributed by atoms with Gasteiger partial charge in [-0.1, -0.05) is 24.6 Å². The van der Waals surface area contributed by atoms with Gasteiger partial charge in [0.15, 0.2) is 11.4 Å². The number of Topliss-reactive ketones (excluding diaryl/α,β-unsaturated/α-hetero) is 1. The SMILES string of the molecule is CC(=O)O[C@]1(C(C)=O)CCC2C3CCC4=CC(=NOCC(=O)O)CC[C@]4(C)C3CC[C@@]21C. The first kappa shape index (κ1) is 23.0. The number of rotatable bonds is 5. The molecule has 6 atom stereocenters. The van der Waals surface area contributed by atoms with Crippen LogP contribution in [-0.4, -0.2) is 40.7 Å². The number of hydrogen-bond donors (Lipinski definition) is 1. The normalized spacial score (nSPS) is 41.7. The summed E-state index contributed by atoms with van der Waals surface area (Å²) in [6.07, 6.45) is 9.37. The highest BCUT2D eigenvalue weighted by molar-refractivity contribution is 5.96. The number of ketones is 1. The molecule has 3 saturated carbocycles. The first-order valence-corrected chi connectivity index (χ1v) is 11.9. The number of esters is 1. The van der Waals surface area contributed by atoms with Gasteiger partial charge in [0, 0.05) is 12.3 Å². The number of aliphatic carboxylic acids is 1. The van der Waals surface area contributed by atoms with Crippen LogP contribution in [0.4, 0.5) is 0 Å². The molecular weight excluding hydrogens is 410 g/mol. The summed E-state index contributed by atoms with van der Waals surface area (Å²) in [5, 5.41) is 12.8. The molecule has 4 aliphatic rings. The van der Waals surface area contributed by atoms with Gasteiger partial charge in [-0.3, -0.25) is 9.59 Å². The van der Waals surface area contributed by atoms with Gasteiger partial charge in [0.25, 0.3) is 0 Å². The lowest BCUT2D eigenvalue weighted by Crippen LogP contribution is -2.58. The van der Waals surface area contributed by atoms with Crippen molar-refractivity contribution >= 4 is 23.4 Å². The van der Waals surface area contributed by atoms with Crippen LogP contribution < -0.4 is 0 Å². The predicted octanol–water partition coefficient (Wildman–Crippen LogP) is 4.30. The van der Waals surface area contributed by atoms with Crippen LogP contribution in [0.1, 0.15) is 79.1 Å². The van der Waals surface area contributed by atoms with Crippen LogP contribution in [0.15, 0.2) is 16.8 Å². The number of carbonyl (C=O) groups is 3. The summed E-state index contributed by atoms with van der Waals surface area (Å²) in [7, 11) is 0. The Balaban J connectivity index is 1.59. The van der Waals surface area contributed by atoms with Gasteiger partial charge in [-0.25, -0.2) is 4.79 Å². The van der Waals surface area contributed by atoms with Crippen molar-refractivity contribution in [2.24, 2.45) is 33.7 Å². The van der Waals surface area contributed by atoms with Crippen molar-refractivity contribution in [3.8, 4) is 0 Å². The Bertz CT molecular complexity index is 893. The zero-order valence-electron chi connectivity index (χ0n) is 19.6. The molecular formula is C25H35NO6. The fourth-order valence-corrected chi connectivity index (χ4v) is 7.87. The Morgan fingerprint density at radius 2 is 1.78 bits per heavy atom. The van der Waals surface area contributed by atoms with E-state index in [2.05, 4.69) is 25.1 Å². The van der Waals surface area contributed by atoms with E-state index >= 15 is 0 Å². The van der Waals surface area contributed by atoms with E-state index in [-0.39, 0.29) is 22.6 Å². The van der Waals surface area contributed by atoms with Gasteiger partial charge >= 0.3 is 11.9 Å². The highest BCUT2D eigenvalue weighted by Crippen LogP contribution is 2.68. The van der Waals surface area contributed by atoms with Crippen LogP contribution >= 0.6 is 0 Å². The van der Waals surface area contributed by atoms with Crippen molar-refractivity contribution < 1.29 is 29.1 Å². The monoisotopic (exact) mass is 445 g/mol. The van der Waals surface area contributed by atoms with E-state index in [0.717, 1.165) is 50.7 Å². The Labute approximate surface area is 189 Å². The molecule has 0 radical (unpaired) electrons. The van der Waals surface area contributed by atoms with E-state index in [0.29, 0.717) is 24.2 Å². The third kappa shape index (κ3) is 3.39. The second kappa shape index (κ2) is 7.99. The van der Waals surface area contributed by atoms with Gasteiger partial charge < -0.3 is 14.7 Å². The minimum Gasteiger partial charge on any atom is -0.479 e.